The Balaban J connectivity index is 2.00. The highest BCUT2D eigenvalue weighted by Gasteiger charge is 2.10. The van der Waals surface area contributed by atoms with Crippen molar-refractivity contribution in [1.82, 2.24) is 0 Å². The van der Waals surface area contributed by atoms with Crippen molar-refractivity contribution in [2.75, 3.05) is 12.4 Å². The third-order valence-corrected chi connectivity index (χ3v) is 3.09. The summed E-state index contributed by atoms with van der Waals surface area (Å²) in [4.78, 5) is 11.3. The van der Waals surface area contributed by atoms with Gasteiger partial charge in [0, 0.05) is 5.69 Å². The van der Waals surface area contributed by atoms with Gasteiger partial charge in [0.15, 0.2) is 0 Å². The van der Waals surface area contributed by atoms with Gasteiger partial charge in [-0.2, -0.15) is 0 Å². The van der Waals surface area contributed by atoms with Crippen molar-refractivity contribution < 1.29 is 13.9 Å². The summed E-state index contributed by atoms with van der Waals surface area (Å²) in [6.07, 6.45) is 1.41. The molecule has 0 aliphatic heterocycles. The Kier molecular flexibility index (Phi) is 4.45. The minimum Gasteiger partial charge on any atom is -0.467 e. The van der Waals surface area contributed by atoms with E-state index in [2.05, 4.69) is 36.0 Å². The van der Waals surface area contributed by atoms with Crippen LogP contribution in [0.3, 0.4) is 0 Å². The van der Waals surface area contributed by atoms with E-state index < -0.39 is 0 Å². The number of ether oxygens (including phenoxy) is 1. The molecule has 1 aromatic heterocycles. The van der Waals surface area contributed by atoms with Gasteiger partial charge < -0.3 is 14.5 Å². The van der Waals surface area contributed by atoms with Gasteiger partial charge in [0.2, 0.25) is 0 Å². The Morgan fingerprint density at radius 2 is 2.15 bits per heavy atom. The summed E-state index contributed by atoms with van der Waals surface area (Å²) in [6, 6.07) is 9.95. The first-order chi connectivity index (χ1) is 9.60. The summed E-state index contributed by atoms with van der Waals surface area (Å²) < 4.78 is 9.96. The maximum atomic E-state index is 11.3. The van der Waals surface area contributed by atoms with Crippen molar-refractivity contribution in [2.24, 2.45) is 0 Å². The molecule has 20 heavy (non-hydrogen) atoms. The Hall–Kier alpha value is -2.23. The predicted molar refractivity (Wildman–Crippen MR) is 77.9 cm³/mol. The lowest BCUT2D eigenvalue weighted by Crippen LogP contribution is -2.00. The summed E-state index contributed by atoms with van der Waals surface area (Å²) in [5.74, 6) is 0.799. The Morgan fingerprint density at radius 1 is 1.35 bits per heavy atom. The zero-order valence-corrected chi connectivity index (χ0v) is 12.0. The standard InChI is InChI=1S/C16H19NO3/c1-11(2)12-5-4-6-14(7-12)17-9-15-8-13(10-20-15)16(18)19-3/h4-8,10-11,17H,9H2,1-3H3. The van der Waals surface area contributed by atoms with E-state index in [0.29, 0.717) is 23.8 Å². The van der Waals surface area contributed by atoms with Gasteiger partial charge >= 0.3 is 5.97 Å². The summed E-state index contributed by atoms with van der Waals surface area (Å²) >= 11 is 0. The minimum atomic E-state index is -0.387. The van der Waals surface area contributed by atoms with E-state index in [1.165, 1.54) is 18.9 Å². The molecule has 4 heteroatoms. The Labute approximate surface area is 118 Å². The summed E-state index contributed by atoms with van der Waals surface area (Å²) in [5, 5.41) is 3.28. The van der Waals surface area contributed by atoms with Crippen molar-refractivity contribution in [1.29, 1.82) is 0 Å². The van der Waals surface area contributed by atoms with Crippen LogP contribution in [-0.2, 0) is 11.3 Å². The molecular weight excluding hydrogens is 254 g/mol. The number of nitrogens with one attached hydrogen (secondary N) is 1. The van der Waals surface area contributed by atoms with Crippen molar-refractivity contribution >= 4 is 11.7 Å². The number of esters is 1. The number of rotatable bonds is 5. The maximum Gasteiger partial charge on any atom is 0.341 e. The highest BCUT2D eigenvalue weighted by Crippen LogP contribution is 2.19. The largest absolute Gasteiger partial charge is 0.467 e. The molecule has 1 heterocycles. The Bertz CT molecular complexity index is 587. The number of furan rings is 1. The average Bonchev–Trinajstić information content (AvgIpc) is 2.93. The molecule has 0 saturated heterocycles. The van der Waals surface area contributed by atoms with Crippen LogP contribution < -0.4 is 5.32 Å². The maximum absolute atomic E-state index is 11.3. The third-order valence-electron chi connectivity index (χ3n) is 3.09. The number of anilines is 1. The topological polar surface area (TPSA) is 51.5 Å². The molecule has 106 valence electrons. The van der Waals surface area contributed by atoms with Crippen molar-refractivity contribution in [3.05, 3.63) is 53.5 Å². The molecule has 1 aromatic carbocycles. The first-order valence-corrected chi connectivity index (χ1v) is 6.59. The molecule has 2 aromatic rings. The molecule has 0 unspecified atom stereocenters. The van der Waals surface area contributed by atoms with Crippen LogP contribution in [0.5, 0.6) is 0 Å². The Morgan fingerprint density at radius 3 is 2.85 bits per heavy atom. The molecule has 0 spiro atoms. The zero-order valence-electron chi connectivity index (χ0n) is 12.0. The van der Waals surface area contributed by atoms with Crippen molar-refractivity contribution in [3.8, 4) is 0 Å². The second-order valence-corrected chi connectivity index (χ2v) is 4.93. The van der Waals surface area contributed by atoms with Crippen LogP contribution in [0.25, 0.3) is 0 Å². The van der Waals surface area contributed by atoms with Crippen LogP contribution >= 0.6 is 0 Å². The molecule has 0 atom stereocenters. The van der Waals surface area contributed by atoms with Crippen LogP contribution in [-0.4, -0.2) is 13.1 Å². The molecule has 0 saturated carbocycles. The second kappa shape index (κ2) is 6.28. The molecule has 0 radical (unpaired) electrons. The molecule has 1 N–H and O–H groups in total. The first-order valence-electron chi connectivity index (χ1n) is 6.59. The van der Waals surface area contributed by atoms with E-state index in [1.807, 2.05) is 12.1 Å². The van der Waals surface area contributed by atoms with Gasteiger partial charge in [-0.15, -0.1) is 0 Å². The predicted octanol–water partition coefficient (Wildman–Crippen LogP) is 3.80. The van der Waals surface area contributed by atoms with Crippen LogP contribution in [0.2, 0.25) is 0 Å². The fraction of sp³-hybridized carbons (Fsp3) is 0.312. The monoisotopic (exact) mass is 273 g/mol. The molecule has 0 aliphatic carbocycles. The molecule has 0 amide bonds. The lowest BCUT2D eigenvalue weighted by atomic mass is 10.0. The van der Waals surface area contributed by atoms with Gasteiger partial charge in [0.05, 0.1) is 19.2 Å². The fourth-order valence-electron chi connectivity index (χ4n) is 1.90. The molecular formula is C16H19NO3. The van der Waals surface area contributed by atoms with Crippen LogP contribution in [0.1, 0.15) is 41.4 Å². The molecule has 0 aliphatic rings. The van der Waals surface area contributed by atoms with E-state index >= 15 is 0 Å². The van der Waals surface area contributed by atoms with E-state index in [4.69, 9.17) is 4.42 Å². The van der Waals surface area contributed by atoms with Gasteiger partial charge in [-0.1, -0.05) is 26.0 Å². The average molecular weight is 273 g/mol. The molecule has 0 bridgehead atoms. The number of carbonyl (C=O) groups excluding carboxylic acids is 1. The van der Waals surface area contributed by atoms with Gasteiger partial charge in [0.1, 0.15) is 12.0 Å². The van der Waals surface area contributed by atoms with Gasteiger partial charge in [-0.25, -0.2) is 4.79 Å². The van der Waals surface area contributed by atoms with Crippen LogP contribution in [0.15, 0.2) is 41.0 Å². The molecule has 0 fully saturated rings. The van der Waals surface area contributed by atoms with Crippen LogP contribution in [0.4, 0.5) is 5.69 Å². The van der Waals surface area contributed by atoms with Crippen molar-refractivity contribution in [2.45, 2.75) is 26.3 Å². The SMILES string of the molecule is COC(=O)c1coc(CNc2cccc(C(C)C)c2)c1. The minimum absolute atomic E-state index is 0.387. The van der Waals surface area contributed by atoms with Crippen molar-refractivity contribution in [3.63, 3.8) is 0 Å². The fourth-order valence-corrected chi connectivity index (χ4v) is 1.90. The molecule has 2 rings (SSSR count). The lowest BCUT2D eigenvalue weighted by molar-refractivity contribution is 0.0600. The normalized spacial score (nSPS) is 10.6. The number of benzene rings is 1. The lowest BCUT2D eigenvalue weighted by Gasteiger charge is -2.09. The van der Waals surface area contributed by atoms with Crippen LogP contribution in [0, 0.1) is 0 Å². The summed E-state index contributed by atoms with van der Waals surface area (Å²) in [7, 11) is 1.35. The van der Waals surface area contributed by atoms with E-state index in [0.717, 1.165) is 5.69 Å². The van der Waals surface area contributed by atoms with E-state index in [1.54, 1.807) is 6.07 Å². The third kappa shape index (κ3) is 3.41. The van der Waals surface area contributed by atoms with Gasteiger partial charge in [0.25, 0.3) is 0 Å². The quantitative estimate of drug-likeness (QED) is 0.842. The summed E-state index contributed by atoms with van der Waals surface area (Å²) in [6.45, 7) is 4.85. The number of hydrogen-bond acceptors (Lipinski definition) is 4. The van der Waals surface area contributed by atoms with Gasteiger partial charge in [-0.3, -0.25) is 0 Å². The zero-order chi connectivity index (χ0) is 14.5. The van der Waals surface area contributed by atoms with E-state index in [9.17, 15) is 4.79 Å². The number of hydrogen-bond donors (Lipinski definition) is 1. The number of carbonyl (C=O) groups is 1. The van der Waals surface area contributed by atoms with Gasteiger partial charge in [-0.05, 0) is 29.7 Å². The number of methoxy groups -OCH3 is 1. The smallest absolute Gasteiger partial charge is 0.341 e. The van der Waals surface area contributed by atoms with E-state index in [-0.39, 0.29) is 5.97 Å². The summed E-state index contributed by atoms with van der Waals surface area (Å²) in [5.41, 5.74) is 2.75. The molecule has 4 nitrogen and oxygen atoms in total. The first kappa shape index (κ1) is 14.2. The highest BCUT2D eigenvalue weighted by atomic mass is 16.5. The second-order valence-electron chi connectivity index (χ2n) is 4.93. The highest BCUT2D eigenvalue weighted by molar-refractivity contribution is 5.88.